The highest BCUT2D eigenvalue weighted by Gasteiger charge is 2.28. The van der Waals surface area contributed by atoms with Crippen LogP contribution in [0.4, 0.5) is 0 Å². The zero-order valence-electron chi connectivity index (χ0n) is 14.3. The van der Waals surface area contributed by atoms with Gasteiger partial charge in [-0.15, -0.1) is 11.3 Å². The molecule has 4 nitrogen and oxygen atoms in total. The molecule has 1 fully saturated rings. The van der Waals surface area contributed by atoms with Gasteiger partial charge in [0.15, 0.2) is 0 Å². The molecule has 1 N–H and O–H groups in total. The molecule has 4 rings (SSSR count). The van der Waals surface area contributed by atoms with Gasteiger partial charge in [-0.2, -0.15) is 0 Å². The maximum absolute atomic E-state index is 12.6. The number of carbonyl (C=O) groups excluding carboxylic acids is 1. The van der Waals surface area contributed by atoms with Crippen molar-refractivity contribution in [3.05, 3.63) is 52.2 Å². The van der Waals surface area contributed by atoms with E-state index >= 15 is 0 Å². The molecule has 1 unspecified atom stereocenters. The first-order valence-electron chi connectivity index (χ1n) is 9.04. The largest absolute Gasteiger partial charge is 0.492 e. The van der Waals surface area contributed by atoms with Gasteiger partial charge in [-0.3, -0.25) is 9.69 Å². The van der Waals surface area contributed by atoms with Crippen LogP contribution in [0.1, 0.15) is 23.3 Å². The molecule has 0 saturated carbocycles. The molecule has 0 radical (unpaired) electrons. The van der Waals surface area contributed by atoms with Crippen molar-refractivity contribution in [3.8, 4) is 5.75 Å². The third-order valence-electron chi connectivity index (χ3n) is 5.14. The Balaban J connectivity index is 1.25. The molecule has 0 bridgehead atoms. The summed E-state index contributed by atoms with van der Waals surface area (Å²) in [6.45, 7) is 3.62. The van der Waals surface area contributed by atoms with Crippen molar-refractivity contribution in [2.45, 2.75) is 31.8 Å². The van der Waals surface area contributed by atoms with Crippen LogP contribution in [-0.2, 0) is 17.8 Å². The second-order valence-corrected chi connectivity index (χ2v) is 7.99. The Morgan fingerprint density at radius 2 is 2.04 bits per heavy atom. The van der Waals surface area contributed by atoms with E-state index in [1.807, 2.05) is 29.5 Å². The fraction of sp³-hybridized carbons (Fsp3) is 0.450. The maximum atomic E-state index is 12.6. The molecule has 1 amide bonds. The van der Waals surface area contributed by atoms with Crippen molar-refractivity contribution in [1.29, 1.82) is 0 Å². The lowest BCUT2D eigenvalue weighted by Crippen LogP contribution is -2.47. The van der Waals surface area contributed by atoms with Gasteiger partial charge in [0, 0.05) is 30.6 Å². The van der Waals surface area contributed by atoms with E-state index in [2.05, 4.69) is 33.8 Å². The molecule has 1 aromatic heterocycles. The van der Waals surface area contributed by atoms with Crippen LogP contribution in [0.5, 0.6) is 5.75 Å². The average Bonchev–Trinajstić information content (AvgIpc) is 3.16. The van der Waals surface area contributed by atoms with Gasteiger partial charge in [0.05, 0.1) is 5.92 Å². The predicted molar refractivity (Wildman–Crippen MR) is 99.9 cm³/mol. The highest BCUT2D eigenvalue weighted by atomic mass is 32.1. The van der Waals surface area contributed by atoms with E-state index in [1.54, 1.807) is 0 Å². The Kier molecular flexibility index (Phi) is 5.04. The van der Waals surface area contributed by atoms with Gasteiger partial charge in [-0.25, -0.2) is 0 Å². The highest BCUT2D eigenvalue weighted by Crippen LogP contribution is 2.27. The number of hydrogen-bond donors (Lipinski definition) is 1. The van der Waals surface area contributed by atoms with E-state index in [0.29, 0.717) is 12.6 Å². The van der Waals surface area contributed by atoms with Gasteiger partial charge in [0.1, 0.15) is 12.4 Å². The van der Waals surface area contributed by atoms with Crippen molar-refractivity contribution in [1.82, 2.24) is 10.2 Å². The number of benzene rings is 1. The third kappa shape index (κ3) is 4.05. The minimum Gasteiger partial charge on any atom is -0.492 e. The van der Waals surface area contributed by atoms with Crippen molar-refractivity contribution in [2.75, 3.05) is 19.7 Å². The second-order valence-electron chi connectivity index (χ2n) is 6.96. The van der Waals surface area contributed by atoms with Gasteiger partial charge < -0.3 is 10.1 Å². The SMILES string of the molecule is O=C(NC1CCN(Cc2cccs2)CC1)C1COc2ccccc2C1. The molecule has 25 heavy (non-hydrogen) atoms. The van der Waals surface area contributed by atoms with Crippen LogP contribution >= 0.6 is 11.3 Å². The van der Waals surface area contributed by atoms with Crippen LogP contribution in [0.3, 0.4) is 0 Å². The van der Waals surface area contributed by atoms with Crippen LogP contribution in [0, 0.1) is 5.92 Å². The fourth-order valence-corrected chi connectivity index (χ4v) is 4.42. The molecule has 0 spiro atoms. The van der Waals surface area contributed by atoms with Crippen LogP contribution in [-0.4, -0.2) is 36.5 Å². The zero-order chi connectivity index (χ0) is 17.1. The van der Waals surface area contributed by atoms with E-state index < -0.39 is 0 Å². The summed E-state index contributed by atoms with van der Waals surface area (Å²) >= 11 is 1.82. The number of likely N-dealkylation sites (tertiary alicyclic amines) is 1. The summed E-state index contributed by atoms with van der Waals surface area (Å²) < 4.78 is 5.75. The minimum atomic E-state index is -0.0703. The number of thiophene rings is 1. The number of para-hydroxylation sites is 1. The molecule has 2 aliphatic rings. The number of carbonyl (C=O) groups is 1. The Labute approximate surface area is 152 Å². The van der Waals surface area contributed by atoms with Gasteiger partial charge >= 0.3 is 0 Å². The standard InChI is InChI=1S/C20H24N2O2S/c23-20(16-12-15-4-1-2-6-19(15)24-14-16)21-17-7-9-22(10-8-17)13-18-5-3-11-25-18/h1-6,11,16-17H,7-10,12-14H2,(H,21,23). The molecule has 1 aromatic carbocycles. The number of ether oxygens (including phenoxy) is 1. The number of nitrogens with zero attached hydrogens (tertiary/aromatic N) is 1. The molecule has 2 aromatic rings. The molecule has 5 heteroatoms. The van der Waals surface area contributed by atoms with Crippen molar-refractivity contribution in [3.63, 3.8) is 0 Å². The summed E-state index contributed by atoms with van der Waals surface area (Å²) in [6.07, 6.45) is 2.84. The summed E-state index contributed by atoms with van der Waals surface area (Å²) in [5.41, 5.74) is 1.14. The van der Waals surface area contributed by atoms with E-state index in [-0.39, 0.29) is 11.8 Å². The summed E-state index contributed by atoms with van der Waals surface area (Å²) in [5, 5.41) is 5.39. The van der Waals surface area contributed by atoms with Gasteiger partial charge in [0.25, 0.3) is 0 Å². The Hall–Kier alpha value is -1.85. The number of rotatable bonds is 4. The highest BCUT2D eigenvalue weighted by molar-refractivity contribution is 7.09. The molecular weight excluding hydrogens is 332 g/mol. The maximum Gasteiger partial charge on any atom is 0.227 e. The van der Waals surface area contributed by atoms with Crippen LogP contribution in [0.15, 0.2) is 41.8 Å². The quantitative estimate of drug-likeness (QED) is 0.915. The van der Waals surface area contributed by atoms with Crippen molar-refractivity contribution < 1.29 is 9.53 Å². The van der Waals surface area contributed by atoms with Gasteiger partial charge in [-0.05, 0) is 42.3 Å². The first-order valence-corrected chi connectivity index (χ1v) is 9.92. The van der Waals surface area contributed by atoms with Crippen LogP contribution in [0.2, 0.25) is 0 Å². The lowest BCUT2D eigenvalue weighted by molar-refractivity contribution is -0.127. The molecule has 1 saturated heterocycles. The molecule has 2 aliphatic heterocycles. The van der Waals surface area contributed by atoms with Crippen LogP contribution in [0.25, 0.3) is 0 Å². The topological polar surface area (TPSA) is 41.6 Å². The van der Waals surface area contributed by atoms with Crippen molar-refractivity contribution in [2.24, 2.45) is 5.92 Å². The summed E-state index contributed by atoms with van der Waals surface area (Å²) in [4.78, 5) is 16.5. The first kappa shape index (κ1) is 16.6. The molecule has 3 heterocycles. The van der Waals surface area contributed by atoms with Crippen LogP contribution < -0.4 is 10.1 Å². The average molecular weight is 356 g/mol. The lowest BCUT2D eigenvalue weighted by Gasteiger charge is -2.33. The first-order chi connectivity index (χ1) is 12.3. The van der Waals surface area contributed by atoms with E-state index in [0.717, 1.165) is 50.2 Å². The zero-order valence-corrected chi connectivity index (χ0v) is 15.1. The predicted octanol–water partition coefficient (Wildman–Crippen LogP) is 3.08. The Morgan fingerprint density at radius 3 is 2.84 bits per heavy atom. The van der Waals surface area contributed by atoms with Gasteiger partial charge in [0.2, 0.25) is 5.91 Å². The Morgan fingerprint density at radius 1 is 1.20 bits per heavy atom. The summed E-state index contributed by atoms with van der Waals surface area (Å²) in [6, 6.07) is 12.6. The molecule has 1 atom stereocenters. The number of nitrogens with one attached hydrogen (secondary N) is 1. The summed E-state index contributed by atoms with van der Waals surface area (Å²) in [7, 11) is 0. The molecular formula is C20H24N2O2S. The molecule has 0 aliphatic carbocycles. The Bertz CT molecular complexity index is 708. The van der Waals surface area contributed by atoms with Crippen molar-refractivity contribution >= 4 is 17.2 Å². The number of hydrogen-bond acceptors (Lipinski definition) is 4. The number of amides is 1. The fourth-order valence-electron chi connectivity index (χ4n) is 3.67. The lowest BCUT2D eigenvalue weighted by atomic mass is 9.95. The smallest absolute Gasteiger partial charge is 0.227 e. The summed E-state index contributed by atoms with van der Waals surface area (Å²) in [5.74, 6) is 0.999. The second kappa shape index (κ2) is 7.58. The minimum absolute atomic E-state index is 0.0703. The third-order valence-corrected chi connectivity index (χ3v) is 6.00. The van der Waals surface area contributed by atoms with Gasteiger partial charge in [-0.1, -0.05) is 24.3 Å². The van der Waals surface area contributed by atoms with E-state index in [9.17, 15) is 4.79 Å². The number of piperidine rings is 1. The normalized spacial score (nSPS) is 21.4. The van der Waals surface area contributed by atoms with E-state index in [4.69, 9.17) is 4.74 Å². The van der Waals surface area contributed by atoms with E-state index in [1.165, 1.54) is 4.88 Å². The molecule has 132 valence electrons. The number of fused-ring (bicyclic) bond motifs is 1. The monoisotopic (exact) mass is 356 g/mol.